The fourth-order valence-corrected chi connectivity index (χ4v) is 3.01. The Morgan fingerprint density at radius 1 is 1.14 bits per heavy atom. The minimum absolute atomic E-state index is 0.0163. The second-order valence-electron chi connectivity index (χ2n) is 5.83. The highest BCUT2D eigenvalue weighted by Gasteiger charge is 2.38. The molecule has 0 radical (unpaired) electrons. The number of benzene rings is 1. The molecule has 1 saturated carbocycles. The molecule has 1 N–H and O–H groups in total. The van der Waals surface area contributed by atoms with Crippen molar-refractivity contribution in [3.05, 3.63) is 35.4 Å². The Balaban J connectivity index is 2.18. The Bertz CT molecular complexity index is 445. The van der Waals surface area contributed by atoms with Crippen LogP contribution in [0, 0.1) is 17.6 Å². The van der Waals surface area contributed by atoms with E-state index in [-0.39, 0.29) is 24.8 Å². The third kappa shape index (κ3) is 4.43. The first kappa shape index (κ1) is 16.3. The van der Waals surface area contributed by atoms with Crippen LogP contribution in [0.3, 0.4) is 0 Å². The molecule has 0 spiro atoms. The van der Waals surface area contributed by atoms with Crippen molar-refractivity contribution in [3.8, 4) is 0 Å². The minimum atomic E-state index is -2.60. The second kappa shape index (κ2) is 6.77. The molecule has 0 aromatic heterocycles. The van der Waals surface area contributed by atoms with Gasteiger partial charge in [-0.3, -0.25) is 0 Å². The lowest BCUT2D eigenvalue weighted by Crippen LogP contribution is -2.34. The molecule has 1 atom stereocenters. The second-order valence-corrected chi connectivity index (χ2v) is 5.83. The molecular formula is C16H21F4N. The number of hydrogen-bond donors (Lipinski definition) is 1. The Morgan fingerprint density at radius 3 is 2.24 bits per heavy atom. The van der Waals surface area contributed by atoms with Crippen LogP contribution < -0.4 is 5.32 Å². The zero-order chi connectivity index (χ0) is 15.5. The summed E-state index contributed by atoms with van der Waals surface area (Å²) in [6.45, 7) is 2.68. The van der Waals surface area contributed by atoms with E-state index in [4.69, 9.17) is 0 Å². The standard InChI is InChI=1S/C16H21F4N/c1-2-7-21-15(11-3-5-16(19,20)6-4-11)12-8-13(17)10-14(18)9-12/h8-11,15,21H,2-7H2,1H3. The van der Waals surface area contributed by atoms with Crippen LogP contribution in [-0.4, -0.2) is 12.5 Å². The first-order valence-electron chi connectivity index (χ1n) is 7.48. The number of nitrogens with one attached hydrogen (secondary N) is 1. The van der Waals surface area contributed by atoms with Crippen molar-refractivity contribution in [2.45, 2.75) is 51.0 Å². The largest absolute Gasteiger partial charge is 0.310 e. The molecule has 118 valence electrons. The monoisotopic (exact) mass is 303 g/mol. The van der Waals surface area contributed by atoms with Crippen molar-refractivity contribution in [2.75, 3.05) is 6.54 Å². The molecule has 1 aliphatic carbocycles. The van der Waals surface area contributed by atoms with Gasteiger partial charge in [0, 0.05) is 24.9 Å². The minimum Gasteiger partial charge on any atom is -0.310 e. The van der Waals surface area contributed by atoms with Crippen LogP contribution in [0.25, 0.3) is 0 Å². The highest BCUT2D eigenvalue weighted by Crippen LogP contribution is 2.41. The first-order valence-corrected chi connectivity index (χ1v) is 7.48. The smallest absolute Gasteiger partial charge is 0.248 e. The van der Waals surface area contributed by atoms with Crippen LogP contribution in [0.4, 0.5) is 17.6 Å². The van der Waals surface area contributed by atoms with Crippen LogP contribution >= 0.6 is 0 Å². The normalized spacial score (nSPS) is 20.4. The predicted molar refractivity (Wildman–Crippen MR) is 74.3 cm³/mol. The topological polar surface area (TPSA) is 12.0 Å². The fourth-order valence-electron chi connectivity index (χ4n) is 3.01. The van der Waals surface area contributed by atoms with E-state index in [2.05, 4.69) is 5.32 Å². The van der Waals surface area contributed by atoms with Gasteiger partial charge in [-0.15, -0.1) is 0 Å². The van der Waals surface area contributed by atoms with Crippen LogP contribution in [0.1, 0.15) is 50.6 Å². The van der Waals surface area contributed by atoms with Gasteiger partial charge in [0.15, 0.2) is 0 Å². The van der Waals surface area contributed by atoms with Gasteiger partial charge in [0.2, 0.25) is 5.92 Å². The average Bonchev–Trinajstić information content (AvgIpc) is 2.39. The van der Waals surface area contributed by atoms with Crippen molar-refractivity contribution in [1.82, 2.24) is 5.32 Å². The summed E-state index contributed by atoms with van der Waals surface area (Å²) in [4.78, 5) is 0. The van der Waals surface area contributed by atoms with Gasteiger partial charge in [0.05, 0.1) is 0 Å². The molecule has 1 aliphatic rings. The van der Waals surface area contributed by atoms with E-state index >= 15 is 0 Å². The summed E-state index contributed by atoms with van der Waals surface area (Å²) < 4.78 is 53.4. The molecule has 0 saturated heterocycles. The molecule has 21 heavy (non-hydrogen) atoms. The Labute approximate surface area is 122 Å². The Morgan fingerprint density at radius 2 is 1.71 bits per heavy atom. The van der Waals surface area contributed by atoms with E-state index < -0.39 is 17.6 Å². The van der Waals surface area contributed by atoms with E-state index in [9.17, 15) is 17.6 Å². The van der Waals surface area contributed by atoms with Crippen LogP contribution in [0.2, 0.25) is 0 Å². The van der Waals surface area contributed by atoms with Gasteiger partial charge in [0.25, 0.3) is 0 Å². The molecule has 1 unspecified atom stereocenters. The number of rotatable bonds is 5. The van der Waals surface area contributed by atoms with Crippen molar-refractivity contribution in [3.63, 3.8) is 0 Å². The zero-order valence-electron chi connectivity index (χ0n) is 12.1. The molecule has 0 aliphatic heterocycles. The summed E-state index contributed by atoms with van der Waals surface area (Å²) in [5.41, 5.74) is 0.510. The van der Waals surface area contributed by atoms with Crippen molar-refractivity contribution in [1.29, 1.82) is 0 Å². The maximum Gasteiger partial charge on any atom is 0.248 e. The lowest BCUT2D eigenvalue weighted by molar-refractivity contribution is -0.0497. The van der Waals surface area contributed by atoms with E-state index in [1.54, 1.807) is 0 Å². The summed E-state index contributed by atoms with van der Waals surface area (Å²) in [7, 11) is 0. The lowest BCUT2D eigenvalue weighted by atomic mass is 9.79. The van der Waals surface area contributed by atoms with Gasteiger partial charge in [-0.2, -0.15) is 0 Å². The zero-order valence-corrected chi connectivity index (χ0v) is 12.1. The summed E-state index contributed by atoms with van der Waals surface area (Å²) in [6.07, 6.45) is 1.30. The van der Waals surface area contributed by atoms with E-state index in [0.717, 1.165) is 12.5 Å². The summed E-state index contributed by atoms with van der Waals surface area (Å²) in [6, 6.07) is 3.15. The van der Waals surface area contributed by atoms with Crippen molar-refractivity contribution < 1.29 is 17.6 Å². The third-order valence-electron chi connectivity index (χ3n) is 4.09. The van der Waals surface area contributed by atoms with Gasteiger partial charge < -0.3 is 5.32 Å². The molecule has 0 amide bonds. The average molecular weight is 303 g/mol. The number of hydrogen-bond acceptors (Lipinski definition) is 1. The van der Waals surface area contributed by atoms with E-state index in [1.165, 1.54) is 12.1 Å². The lowest BCUT2D eigenvalue weighted by Gasteiger charge is -2.34. The quantitative estimate of drug-likeness (QED) is 0.768. The molecule has 5 heteroatoms. The molecule has 2 rings (SSSR count). The predicted octanol–water partition coefficient (Wildman–Crippen LogP) is 4.83. The van der Waals surface area contributed by atoms with Gasteiger partial charge in [-0.05, 0) is 49.4 Å². The Hall–Kier alpha value is -1.10. The molecule has 1 aromatic carbocycles. The molecule has 1 fully saturated rings. The number of alkyl halides is 2. The van der Waals surface area contributed by atoms with Crippen LogP contribution in [0.5, 0.6) is 0 Å². The van der Waals surface area contributed by atoms with Gasteiger partial charge in [-0.1, -0.05) is 6.92 Å². The highest BCUT2D eigenvalue weighted by atomic mass is 19.3. The van der Waals surface area contributed by atoms with Crippen molar-refractivity contribution in [2.24, 2.45) is 5.92 Å². The maximum absolute atomic E-state index is 13.4. The molecule has 0 bridgehead atoms. The molecule has 0 heterocycles. The fraction of sp³-hybridized carbons (Fsp3) is 0.625. The van der Waals surface area contributed by atoms with Crippen LogP contribution in [0.15, 0.2) is 18.2 Å². The van der Waals surface area contributed by atoms with Crippen molar-refractivity contribution >= 4 is 0 Å². The van der Waals surface area contributed by atoms with Gasteiger partial charge in [-0.25, -0.2) is 17.6 Å². The maximum atomic E-state index is 13.4. The molecule has 1 aromatic rings. The number of halogens is 4. The van der Waals surface area contributed by atoms with Gasteiger partial charge >= 0.3 is 0 Å². The molecule has 1 nitrogen and oxygen atoms in total. The van der Waals surface area contributed by atoms with Crippen LogP contribution in [-0.2, 0) is 0 Å². The summed E-state index contributed by atoms with van der Waals surface area (Å²) in [5, 5.41) is 3.26. The van der Waals surface area contributed by atoms with E-state index in [1.807, 2.05) is 6.92 Å². The third-order valence-corrected chi connectivity index (χ3v) is 4.09. The summed E-state index contributed by atoms with van der Waals surface area (Å²) >= 11 is 0. The summed E-state index contributed by atoms with van der Waals surface area (Å²) in [5.74, 6) is -3.87. The molecular weight excluding hydrogens is 282 g/mol. The Kier molecular flexibility index (Phi) is 5.25. The first-order chi connectivity index (χ1) is 9.91. The SMILES string of the molecule is CCCNC(c1cc(F)cc(F)c1)C1CCC(F)(F)CC1. The van der Waals surface area contributed by atoms with E-state index in [0.29, 0.717) is 24.9 Å². The highest BCUT2D eigenvalue weighted by molar-refractivity contribution is 5.22. The van der Waals surface area contributed by atoms with Gasteiger partial charge in [0.1, 0.15) is 11.6 Å².